The molecule has 0 saturated heterocycles. The molecule has 2 aromatic carbocycles. The highest BCUT2D eigenvalue weighted by Gasteiger charge is 2.18. The van der Waals surface area contributed by atoms with E-state index in [0.29, 0.717) is 0 Å². The van der Waals surface area contributed by atoms with Crippen LogP contribution in [0.25, 0.3) is 6.08 Å². The number of hydrogen-bond acceptors (Lipinski definition) is 3. The van der Waals surface area contributed by atoms with Crippen LogP contribution in [0.3, 0.4) is 0 Å². The van der Waals surface area contributed by atoms with Crippen molar-refractivity contribution >= 4 is 6.08 Å². The van der Waals surface area contributed by atoms with Crippen LogP contribution in [-0.4, -0.2) is 14.2 Å². The van der Waals surface area contributed by atoms with Crippen LogP contribution in [0, 0.1) is 0 Å². The van der Waals surface area contributed by atoms with E-state index >= 15 is 0 Å². The van der Waals surface area contributed by atoms with Gasteiger partial charge in [-0.3, -0.25) is 0 Å². The first kappa shape index (κ1) is 14.5. The third-order valence-electron chi connectivity index (χ3n) is 4.04. The molecule has 1 aliphatic rings. The number of benzene rings is 2. The molecule has 3 nitrogen and oxygen atoms in total. The van der Waals surface area contributed by atoms with E-state index in [4.69, 9.17) is 9.47 Å². The number of ether oxygens (including phenoxy) is 2. The van der Waals surface area contributed by atoms with Gasteiger partial charge in [0.15, 0.2) is 0 Å². The first-order chi connectivity index (χ1) is 10.8. The summed E-state index contributed by atoms with van der Waals surface area (Å²) in [6.45, 7) is 0.842. The fourth-order valence-electron chi connectivity index (χ4n) is 2.87. The lowest BCUT2D eigenvalue weighted by Gasteiger charge is -2.22. The van der Waals surface area contributed by atoms with Gasteiger partial charge >= 0.3 is 0 Å². The molecule has 0 bridgehead atoms. The summed E-state index contributed by atoms with van der Waals surface area (Å²) < 4.78 is 11.0. The maximum atomic E-state index is 5.50. The second kappa shape index (κ2) is 6.56. The summed E-state index contributed by atoms with van der Waals surface area (Å²) in [7, 11) is 3.43. The third kappa shape index (κ3) is 2.93. The molecular formula is C19H21NO2. The highest BCUT2D eigenvalue weighted by atomic mass is 16.5. The SMILES string of the molecule is COc1ccc(OC)c2c1C=C(NCc1ccccc1)CC2. The van der Waals surface area contributed by atoms with Gasteiger partial charge in [0.25, 0.3) is 0 Å². The molecule has 0 fully saturated rings. The summed E-state index contributed by atoms with van der Waals surface area (Å²) in [4.78, 5) is 0. The molecule has 1 N–H and O–H groups in total. The van der Waals surface area contributed by atoms with Gasteiger partial charge in [0.2, 0.25) is 0 Å². The van der Waals surface area contributed by atoms with Crippen molar-refractivity contribution < 1.29 is 9.47 Å². The van der Waals surface area contributed by atoms with Gasteiger partial charge in [-0.25, -0.2) is 0 Å². The molecule has 0 atom stereocenters. The predicted molar refractivity (Wildman–Crippen MR) is 89.1 cm³/mol. The zero-order chi connectivity index (χ0) is 15.4. The molecule has 3 heteroatoms. The molecule has 22 heavy (non-hydrogen) atoms. The largest absolute Gasteiger partial charge is 0.496 e. The molecule has 0 radical (unpaired) electrons. The average molecular weight is 295 g/mol. The van der Waals surface area contributed by atoms with Crippen molar-refractivity contribution in [3.63, 3.8) is 0 Å². The molecule has 0 aliphatic heterocycles. The van der Waals surface area contributed by atoms with Crippen molar-refractivity contribution in [2.24, 2.45) is 0 Å². The van der Waals surface area contributed by atoms with Gasteiger partial charge in [0, 0.05) is 23.4 Å². The highest BCUT2D eigenvalue weighted by molar-refractivity contribution is 5.68. The van der Waals surface area contributed by atoms with Gasteiger partial charge < -0.3 is 14.8 Å². The van der Waals surface area contributed by atoms with Crippen molar-refractivity contribution in [2.75, 3.05) is 14.2 Å². The minimum absolute atomic E-state index is 0.842. The summed E-state index contributed by atoms with van der Waals surface area (Å²) in [5.74, 6) is 1.84. The molecule has 114 valence electrons. The van der Waals surface area contributed by atoms with Crippen LogP contribution in [0.4, 0.5) is 0 Å². The second-order valence-corrected chi connectivity index (χ2v) is 5.37. The van der Waals surface area contributed by atoms with Gasteiger partial charge in [-0.15, -0.1) is 0 Å². The Balaban J connectivity index is 1.83. The smallest absolute Gasteiger partial charge is 0.126 e. The molecule has 2 aromatic rings. The standard InChI is InChI=1S/C19H21NO2/c1-21-18-10-11-19(22-2)17-12-15(8-9-16(17)18)20-13-14-6-4-3-5-7-14/h3-7,10-12,20H,8-9,13H2,1-2H3. The maximum absolute atomic E-state index is 5.50. The van der Waals surface area contributed by atoms with E-state index < -0.39 is 0 Å². The molecule has 1 aliphatic carbocycles. The van der Waals surface area contributed by atoms with Crippen molar-refractivity contribution in [2.45, 2.75) is 19.4 Å². The van der Waals surface area contributed by atoms with Crippen molar-refractivity contribution in [1.29, 1.82) is 0 Å². The van der Waals surface area contributed by atoms with E-state index in [2.05, 4.69) is 35.7 Å². The van der Waals surface area contributed by atoms with Crippen LogP contribution >= 0.6 is 0 Å². The maximum Gasteiger partial charge on any atom is 0.126 e. The molecule has 0 heterocycles. The monoisotopic (exact) mass is 295 g/mol. The summed E-state index contributed by atoms with van der Waals surface area (Å²) in [6, 6.07) is 14.4. The quantitative estimate of drug-likeness (QED) is 0.910. The third-order valence-corrected chi connectivity index (χ3v) is 4.04. The Labute approximate surface area is 131 Å². The highest BCUT2D eigenvalue weighted by Crippen LogP contribution is 2.36. The molecule has 3 rings (SSSR count). The lowest BCUT2D eigenvalue weighted by atomic mass is 9.93. The lowest BCUT2D eigenvalue weighted by Crippen LogP contribution is -2.16. The molecule has 0 saturated carbocycles. The van der Waals surface area contributed by atoms with Crippen LogP contribution in [0.1, 0.15) is 23.1 Å². The molecular weight excluding hydrogens is 274 g/mol. The van der Waals surface area contributed by atoms with Crippen LogP contribution < -0.4 is 14.8 Å². The van der Waals surface area contributed by atoms with E-state index in [1.807, 2.05) is 18.2 Å². The first-order valence-corrected chi connectivity index (χ1v) is 7.54. The fraction of sp³-hybridized carbons (Fsp3) is 0.263. The number of allylic oxidation sites excluding steroid dienone is 1. The molecule has 0 spiro atoms. The number of methoxy groups -OCH3 is 2. The van der Waals surface area contributed by atoms with Crippen LogP contribution in [0.5, 0.6) is 11.5 Å². The summed E-state index contributed by atoms with van der Waals surface area (Å²) in [5.41, 5.74) is 4.88. The van der Waals surface area contributed by atoms with E-state index in [1.54, 1.807) is 14.2 Å². The van der Waals surface area contributed by atoms with Gasteiger partial charge in [0.1, 0.15) is 11.5 Å². The molecule has 0 aromatic heterocycles. The van der Waals surface area contributed by atoms with Crippen LogP contribution in [-0.2, 0) is 13.0 Å². The van der Waals surface area contributed by atoms with E-state index in [9.17, 15) is 0 Å². The summed E-state index contributed by atoms with van der Waals surface area (Å²) >= 11 is 0. The Morgan fingerprint density at radius 2 is 1.64 bits per heavy atom. The minimum atomic E-state index is 0.842. The van der Waals surface area contributed by atoms with E-state index in [-0.39, 0.29) is 0 Å². The Morgan fingerprint density at radius 3 is 2.36 bits per heavy atom. The Kier molecular flexibility index (Phi) is 4.33. The number of rotatable bonds is 5. The van der Waals surface area contributed by atoms with E-state index in [1.165, 1.54) is 16.8 Å². The topological polar surface area (TPSA) is 30.5 Å². The average Bonchev–Trinajstić information content (AvgIpc) is 2.59. The van der Waals surface area contributed by atoms with Crippen LogP contribution in [0.2, 0.25) is 0 Å². The Bertz CT molecular complexity index is 677. The van der Waals surface area contributed by atoms with Gasteiger partial charge in [-0.05, 0) is 36.6 Å². The molecule has 0 unspecified atom stereocenters. The van der Waals surface area contributed by atoms with Crippen molar-refractivity contribution in [1.82, 2.24) is 5.32 Å². The lowest BCUT2D eigenvalue weighted by molar-refractivity contribution is 0.397. The number of hydrogen-bond donors (Lipinski definition) is 1. The number of fused-ring (bicyclic) bond motifs is 1. The zero-order valence-electron chi connectivity index (χ0n) is 13.1. The van der Waals surface area contributed by atoms with Crippen LogP contribution in [0.15, 0.2) is 48.2 Å². The molecule has 0 amide bonds. The number of nitrogens with one attached hydrogen (secondary N) is 1. The minimum Gasteiger partial charge on any atom is -0.496 e. The zero-order valence-corrected chi connectivity index (χ0v) is 13.1. The van der Waals surface area contributed by atoms with Crippen molar-refractivity contribution in [3.05, 3.63) is 64.9 Å². The van der Waals surface area contributed by atoms with Gasteiger partial charge in [-0.2, -0.15) is 0 Å². The fourth-order valence-corrected chi connectivity index (χ4v) is 2.87. The second-order valence-electron chi connectivity index (χ2n) is 5.37. The van der Waals surface area contributed by atoms with Gasteiger partial charge in [0.05, 0.1) is 14.2 Å². The summed E-state index contributed by atoms with van der Waals surface area (Å²) in [5, 5.41) is 3.53. The normalized spacial score (nSPS) is 13.1. The van der Waals surface area contributed by atoms with Gasteiger partial charge in [-0.1, -0.05) is 30.3 Å². The first-order valence-electron chi connectivity index (χ1n) is 7.54. The van der Waals surface area contributed by atoms with Crippen molar-refractivity contribution in [3.8, 4) is 11.5 Å². The van der Waals surface area contributed by atoms with E-state index in [0.717, 1.165) is 36.4 Å². The Hall–Kier alpha value is -2.42. The summed E-state index contributed by atoms with van der Waals surface area (Å²) in [6.07, 6.45) is 4.13. The Morgan fingerprint density at radius 1 is 0.909 bits per heavy atom. The predicted octanol–water partition coefficient (Wildman–Crippen LogP) is 3.78.